The van der Waals surface area contributed by atoms with Crippen LogP contribution in [-0.2, 0) is 6.54 Å². The molecule has 0 atom stereocenters. The average molecular weight is 445 g/mol. The summed E-state index contributed by atoms with van der Waals surface area (Å²) in [6.45, 7) is 4.32. The van der Waals surface area contributed by atoms with Gasteiger partial charge in [0.1, 0.15) is 5.82 Å². The van der Waals surface area contributed by atoms with E-state index in [1.54, 1.807) is 18.2 Å². The fraction of sp³-hybridized carbons (Fsp3) is 0.231. The van der Waals surface area contributed by atoms with E-state index in [1.165, 1.54) is 11.1 Å². The Kier molecular flexibility index (Phi) is 6.04. The van der Waals surface area contributed by atoms with E-state index in [-0.39, 0.29) is 11.6 Å². The average Bonchev–Trinajstić information content (AvgIpc) is 2.81. The van der Waals surface area contributed by atoms with Crippen molar-refractivity contribution in [1.29, 1.82) is 0 Å². The quantitative estimate of drug-likeness (QED) is 0.493. The highest BCUT2D eigenvalue weighted by molar-refractivity contribution is 6.31. The van der Waals surface area contributed by atoms with E-state index in [9.17, 15) is 4.79 Å². The van der Waals surface area contributed by atoms with Crippen molar-refractivity contribution in [2.24, 2.45) is 0 Å². The Hall–Kier alpha value is -2.99. The number of piperazine rings is 1. The maximum absolute atomic E-state index is 12.4. The van der Waals surface area contributed by atoms with Gasteiger partial charge in [-0.05, 0) is 29.3 Å². The van der Waals surface area contributed by atoms with Gasteiger partial charge in [-0.3, -0.25) is 14.6 Å². The monoisotopic (exact) mass is 444 g/mol. The zero-order chi connectivity index (χ0) is 21.9. The van der Waals surface area contributed by atoms with E-state index in [1.807, 2.05) is 0 Å². The summed E-state index contributed by atoms with van der Waals surface area (Å²) < 4.78 is 0. The Morgan fingerprint density at radius 1 is 0.875 bits per heavy atom. The molecule has 1 fully saturated rings. The second-order valence-corrected chi connectivity index (χ2v) is 8.65. The predicted molar refractivity (Wildman–Crippen MR) is 129 cm³/mol. The molecule has 0 saturated carbocycles. The summed E-state index contributed by atoms with van der Waals surface area (Å²) in [5, 5.41) is 1.15. The number of fused-ring (bicyclic) bond motifs is 1. The summed E-state index contributed by atoms with van der Waals surface area (Å²) in [6.07, 6.45) is 0. The number of rotatable bonds is 5. The van der Waals surface area contributed by atoms with Gasteiger partial charge in [-0.2, -0.15) is 0 Å². The van der Waals surface area contributed by atoms with Gasteiger partial charge < -0.3 is 4.98 Å². The van der Waals surface area contributed by atoms with Gasteiger partial charge in [-0.25, -0.2) is 4.98 Å². The van der Waals surface area contributed by atoms with Crippen LogP contribution in [0, 0.1) is 0 Å². The van der Waals surface area contributed by atoms with Crippen molar-refractivity contribution in [3.05, 3.63) is 111 Å². The van der Waals surface area contributed by atoms with Crippen LogP contribution in [0.3, 0.4) is 0 Å². The molecule has 162 valence electrons. The molecule has 0 amide bonds. The largest absolute Gasteiger partial charge is 0.309 e. The second-order valence-electron chi connectivity index (χ2n) is 8.21. The summed E-state index contributed by atoms with van der Waals surface area (Å²) in [6, 6.07) is 26.8. The van der Waals surface area contributed by atoms with Crippen LogP contribution < -0.4 is 5.56 Å². The first-order valence-electron chi connectivity index (χ1n) is 10.9. The van der Waals surface area contributed by atoms with Crippen LogP contribution in [-0.4, -0.2) is 45.9 Å². The molecule has 5 rings (SSSR count). The molecule has 6 heteroatoms. The summed E-state index contributed by atoms with van der Waals surface area (Å²) in [5.41, 5.74) is 3.14. The van der Waals surface area contributed by atoms with Crippen LogP contribution in [0.25, 0.3) is 10.9 Å². The fourth-order valence-electron chi connectivity index (χ4n) is 4.51. The number of aromatic nitrogens is 2. The Morgan fingerprint density at radius 2 is 1.50 bits per heavy atom. The highest BCUT2D eigenvalue weighted by Crippen LogP contribution is 2.29. The summed E-state index contributed by atoms with van der Waals surface area (Å²) in [4.78, 5) is 24.9. The van der Waals surface area contributed by atoms with Crippen molar-refractivity contribution in [2.45, 2.75) is 12.6 Å². The number of hydrogen-bond acceptors (Lipinski definition) is 4. The zero-order valence-corrected chi connectivity index (χ0v) is 18.5. The molecule has 0 aliphatic carbocycles. The first kappa shape index (κ1) is 20.9. The van der Waals surface area contributed by atoms with Crippen LogP contribution in [0.2, 0.25) is 5.02 Å². The van der Waals surface area contributed by atoms with Gasteiger partial charge >= 0.3 is 0 Å². The molecule has 0 radical (unpaired) electrons. The van der Waals surface area contributed by atoms with Crippen LogP contribution >= 0.6 is 11.6 Å². The smallest absolute Gasteiger partial charge is 0.258 e. The van der Waals surface area contributed by atoms with Crippen molar-refractivity contribution in [2.75, 3.05) is 26.2 Å². The van der Waals surface area contributed by atoms with Crippen molar-refractivity contribution in [1.82, 2.24) is 19.8 Å². The van der Waals surface area contributed by atoms with Crippen LogP contribution in [0.4, 0.5) is 0 Å². The topological polar surface area (TPSA) is 52.2 Å². The number of nitrogens with one attached hydrogen (secondary N) is 1. The van der Waals surface area contributed by atoms with E-state index in [0.29, 0.717) is 28.3 Å². The number of halogens is 1. The van der Waals surface area contributed by atoms with Gasteiger partial charge in [-0.15, -0.1) is 0 Å². The number of H-pyrrole nitrogens is 1. The third-order valence-electron chi connectivity index (χ3n) is 6.09. The minimum atomic E-state index is -0.117. The fourth-order valence-corrected chi connectivity index (χ4v) is 4.68. The lowest BCUT2D eigenvalue weighted by atomic mass is 9.96. The molecule has 0 bridgehead atoms. The van der Waals surface area contributed by atoms with Crippen LogP contribution in [0.5, 0.6) is 0 Å². The lowest BCUT2D eigenvalue weighted by Crippen LogP contribution is -2.47. The maximum atomic E-state index is 12.4. The Bertz CT molecular complexity index is 1210. The van der Waals surface area contributed by atoms with E-state index >= 15 is 0 Å². The van der Waals surface area contributed by atoms with Crippen LogP contribution in [0.1, 0.15) is 23.0 Å². The van der Waals surface area contributed by atoms with Crippen molar-refractivity contribution >= 4 is 22.5 Å². The molecular formula is C26H25ClN4O. The number of benzene rings is 3. The Morgan fingerprint density at radius 3 is 2.12 bits per heavy atom. The Labute approximate surface area is 192 Å². The van der Waals surface area contributed by atoms with Gasteiger partial charge in [0.25, 0.3) is 5.56 Å². The summed E-state index contributed by atoms with van der Waals surface area (Å²) >= 11 is 6.09. The molecule has 3 aromatic carbocycles. The SMILES string of the molecule is O=c1[nH]c(CN2CCN(C(c3ccccc3)c3ccccc3)CC2)nc2cc(Cl)ccc12. The van der Waals surface area contributed by atoms with E-state index in [0.717, 1.165) is 26.2 Å². The standard InChI is InChI=1S/C26H25ClN4O/c27-21-11-12-22-23(17-21)28-24(29-26(22)32)18-30-13-15-31(16-14-30)25(19-7-3-1-4-8-19)20-9-5-2-6-10-20/h1-12,17,25H,13-16,18H2,(H,28,29,32). The summed E-state index contributed by atoms with van der Waals surface area (Å²) in [5.74, 6) is 0.681. The zero-order valence-electron chi connectivity index (χ0n) is 17.7. The summed E-state index contributed by atoms with van der Waals surface area (Å²) in [7, 11) is 0. The van der Waals surface area contributed by atoms with E-state index in [4.69, 9.17) is 11.6 Å². The number of hydrogen-bond donors (Lipinski definition) is 1. The minimum Gasteiger partial charge on any atom is -0.309 e. The van der Waals surface area contributed by atoms with Gasteiger partial charge in [0.15, 0.2) is 0 Å². The van der Waals surface area contributed by atoms with Crippen molar-refractivity contribution in [3.63, 3.8) is 0 Å². The first-order valence-corrected chi connectivity index (χ1v) is 11.3. The number of nitrogens with zero attached hydrogens (tertiary/aromatic N) is 3. The second kappa shape index (κ2) is 9.25. The predicted octanol–water partition coefficient (Wildman–Crippen LogP) is 4.48. The molecular weight excluding hydrogens is 420 g/mol. The maximum Gasteiger partial charge on any atom is 0.258 e. The first-order chi connectivity index (χ1) is 15.7. The highest BCUT2D eigenvalue weighted by atomic mass is 35.5. The number of aromatic amines is 1. The lowest BCUT2D eigenvalue weighted by Gasteiger charge is -2.39. The molecule has 1 aliphatic rings. The lowest BCUT2D eigenvalue weighted by molar-refractivity contribution is 0.103. The molecule has 4 aromatic rings. The molecule has 1 aliphatic heterocycles. The van der Waals surface area contributed by atoms with E-state index in [2.05, 4.69) is 80.4 Å². The minimum absolute atomic E-state index is 0.117. The van der Waals surface area contributed by atoms with Gasteiger partial charge in [0.2, 0.25) is 0 Å². The molecule has 1 aromatic heterocycles. The van der Waals surface area contributed by atoms with Crippen LogP contribution in [0.15, 0.2) is 83.7 Å². The van der Waals surface area contributed by atoms with Gasteiger partial charge in [0, 0.05) is 31.2 Å². The molecule has 1 N–H and O–H groups in total. The molecule has 1 saturated heterocycles. The molecule has 32 heavy (non-hydrogen) atoms. The Balaban J connectivity index is 1.32. The van der Waals surface area contributed by atoms with Crippen molar-refractivity contribution in [3.8, 4) is 0 Å². The molecule has 2 heterocycles. The molecule has 5 nitrogen and oxygen atoms in total. The van der Waals surface area contributed by atoms with Gasteiger partial charge in [0.05, 0.1) is 23.5 Å². The highest BCUT2D eigenvalue weighted by Gasteiger charge is 2.26. The third kappa shape index (κ3) is 4.46. The molecule has 0 unspecified atom stereocenters. The molecule has 0 spiro atoms. The van der Waals surface area contributed by atoms with E-state index < -0.39 is 0 Å². The normalized spacial score (nSPS) is 15.4. The van der Waals surface area contributed by atoms with Crippen molar-refractivity contribution < 1.29 is 0 Å². The van der Waals surface area contributed by atoms with Gasteiger partial charge in [-0.1, -0.05) is 72.3 Å². The third-order valence-corrected chi connectivity index (χ3v) is 6.33.